The maximum absolute atomic E-state index is 12.5. The first-order valence-corrected chi connectivity index (χ1v) is 6.35. The predicted octanol–water partition coefficient (Wildman–Crippen LogP) is 0.100. The topological polar surface area (TPSA) is 75.4 Å². The summed E-state index contributed by atoms with van der Waals surface area (Å²) in [6.07, 6.45) is 1.88. The van der Waals surface area contributed by atoms with E-state index in [1.807, 2.05) is 13.8 Å². The molecular weight excluding hydrogens is 218 g/mol. The van der Waals surface area contributed by atoms with Gasteiger partial charge < -0.3 is 16.0 Å². The summed E-state index contributed by atoms with van der Waals surface area (Å²) in [6, 6.07) is 0. The molecule has 1 heterocycles. The van der Waals surface area contributed by atoms with Crippen LogP contribution in [0.3, 0.4) is 0 Å². The van der Waals surface area contributed by atoms with E-state index in [-0.39, 0.29) is 11.8 Å². The smallest absolute Gasteiger partial charge is 0.230 e. The molecule has 1 aliphatic rings. The Balaban J connectivity index is 2.76. The number of hydrogen-bond donors (Lipinski definition) is 2. The molecule has 3 N–H and O–H groups in total. The second kappa shape index (κ2) is 6.00. The number of nitrogens with one attached hydrogen (secondary N) is 1. The van der Waals surface area contributed by atoms with Gasteiger partial charge in [-0.15, -0.1) is 0 Å². The van der Waals surface area contributed by atoms with E-state index in [1.165, 1.54) is 0 Å². The minimum atomic E-state index is -0.451. The van der Waals surface area contributed by atoms with Crippen LogP contribution in [0.4, 0.5) is 0 Å². The summed E-state index contributed by atoms with van der Waals surface area (Å²) in [7, 11) is 0. The van der Waals surface area contributed by atoms with E-state index in [9.17, 15) is 9.59 Å². The second-order valence-corrected chi connectivity index (χ2v) is 4.58. The highest BCUT2D eigenvalue weighted by Crippen LogP contribution is 2.27. The van der Waals surface area contributed by atoms with Crippen molar-refractivity contribution in [3.05, 3.63) is 0 Å². The summed E-state index contributed by atoms with van der Waals surface area (Å²) < 4.78 is 0. The van der Waals surface area contributed by atoms with Crippen molar-refractivity contribution < 1.29 is 9.59 Å². The average Bonchev–Trinajstić information content (AvgIpc) is 2.57. The zero-order chi connectivity index (χ0) is 12.9. The van der Waals surface area contributed by atoms with Crippen molar-refractivity contribution >= 4 is 11.8 Å². The van der Waals surface area contributed by atoms with Crippen LogP contribution < -0.4 is 11.1 Å². The monoisotopic (exact) mass is 241 g/mol. The molecule has 0 aliphatic carbocycles. The highest BCUT2D eigenvalue weighted by Gasteiger charge is 2.37. The largest absolute Gasteiger partial charge is 0.354 e. The maximum atomic E-state index is 12.5. The molecule has 0 bridgehead atoms. The molecule has 0 atom stereocenters. The van der Waals surface area contributed by atoms with Gasteiger partial charge in [-0.1, -0.05) is 13.8 Å². The average molecular weight is 241 g/mol. The molecule has 5 nitrogen and oxygen atoms in total. The van der Waals surface area contributed by atoms with Gasteiger partial charge in [0.1, 0.15) is 0 Å². The lowest BCUT2D eigenvalue weighted by atomic mass is 9.81. The van der Waals surface area contributed by atoms with Crippen LogP contribution in [0.25, 0.3) is 0 Å². The van der Waals surface area contributed by atoms with Crippen LogP contribution in [0.5, 0.6) is 0 Å². The van der Waals surface area contributed by atoms with Gasteiger partial charge in [0, 0.05) is 32.6 Å². The van der Waals surface area contributed by atoms with Gasteiger partial charge in [-0.25, -0.2) is 0 Å². The van der Waals surface area contributed by atoms with Crippen molar-refractivity contribution in [2.75, 3.05) is 26.2 Å². The number of rotatable bonds is 4. The molecule has 0 radical (unpaired) electrons. The minimum Gasteiger partial charge on any atom is -0.354 e. The fourth-order valence-corrected chi connectivity index (χ4v) is 2.23. The highest BCUT2D eigenvalue weighted by molar-refractivity contribution is 5.84. The molecule has 0 aromatic carbocycles. The van der Waals surface area contributed by atoms with E-state index in [2.05, 4.69) is 5.32 Å². The number of carbonyl (C=O) groups is 2. The molecule has 5 heteroatoms. The van der Waals surface area contributed by atoms with Crippen LogP contribution in [-0.4, -0.2) is 42.9 Å². The summed E-state index contributed by atoms with van der Waals surface area (Å²) in [5, 5.41) is 2.77. The number of carbonyl (C=O) groups excluding carboxylic acids is 2. The predicted molar refractivity (Wildman–Crippen MR) is 66.3 cm³/mol. The first-order valence-electron chi connectivity index (χ1n) is 6.35. The molecule has 0 unspecified atom stereocenters. The second-order valence-electron chi connectivity index (χ2n) is 4.58. The Morgan fingerprint density at radius 2 is 2.06 bits per heavy atom. The molecule has 1 fully saturated rings. The van der Waals surface area contributed by atoms with Crippen molar-refractivity contribution in [1.82, 2.24) is 10.2 Å². The van der Waals surface area contributed by atoms with Crippen LogP contribution in [0.15, 0.2) is 0 Å². The lowest BCUT2D eigenvalue weighted by molar-refractivity contribution is -0.142. The van der Waals surface area contributed by atoms with Gasteiger partial charge >= 0.3 is 0 Å². The molecule has 17 heavy (non-hydrogen) atoms. The van der Waals surface area contributed by atoms with Gasteiger partial charge in [0.15, 0.2) is 0 Å². The Labute approximate surface area is 103 Å². The molecule has 98 valence electrons. The maximum Gasteiger partial charge on any atom is 0.230 e. The SMILES string of the molecule is CCC(CC)(CN)C(=O)N1CCNC(=O)CC1. The molecule has 1 saturated heterocycles. The molecule has 0 aromatic rings. The quantitative estimate of drug-likeness (QED) is 0.733. The third-order valence-electron chi connectivity index (χ3n) is 3.80. The van der Waals surface area contributed by atoms with Crippen molar-refractivity contribution in [3.63, 3.8) is 0 Å². The van der Waals surface area contributed by atoms with Crippen LogP contribution >= 0.6 is 0 Å². The zero-order valence-electron chi connectivity index (χ0n) is 10.8. The normalized spacial score (nSPS) is 17.6. The van der Waals surface area contributed by atoms with Crippen LogP contribution in [0, 0.1) is 5.41 Å². The van der Waals surface area contributed by atoms with Crippen LogP contribution in [0.1, 0.15) is 33.1 Å². The van der Waals surface area contributed by atoms with Gasteiger partial charge in [0.2, 0.25) is 11.8 Å². The Hall–Kier alpha value is -1.10. The number of nitrogens with zero attached hydrogens (tertiary/aromatic N) is 1. The van der Waals surface area contributed by atoms with E-state index in [1.54, 1.807) is 4.90 Å². The van der Waals surface area contributed by atoms with Crippen LogP contribution in [-0.2, 0) is 9.59 Å². The molecule has 0 saturated carbocycles. The molecule has 1 rings (SSSR count). The Morgan fingerprint density at radius 3 is 2.59 bits per heavy atom. The summed E-state index contributed by atoms with van der Waals surface area (Å²) >= 11 is 0. The third-order valence-corrected chi connectivity index (χ3v) is 3.80. The summed E-state index contributed by atoms with van der Waals surface area (Å²) in [4.78, 5) is 25.5. The van der Waals surface area contributed by atoms with E-state index < -0.39 is 5.41 Å². The van der Waals surface area contributed by atoms with Gasteiger partial charge in [-0.2, -0.15) is 0 Å². The first-order chi connectivity index (χ1) is 8.09. The van der Waals surface area contributed by atoms with Gasteiger partial charge in [0.25, 0.3) is 0 Å². The lowest BCUT2D eigenvalue weighted by Gasteiger charge is -2.34. The lowest BCUT2D eigenvalue weighted by Crippen LogP contribution is -2.48. The Kier molecular flexibility index (Phi) is 4.93. The van der Waals surface area contributed by atoms with Crippen molar-refractivity contribution in [1.29, 1.82) is 0 Å². The molecule has 1 aliphatic heterocycles. The molecule has 2 amide bonds. The van der Waals surface area contributed by atoms with Crippen LogP contribution in [0.2, 0.25) is 0 Å². The van der Waals surface area contributed by atoms with E-state index in [0.717, 1.165) is 12.8 Å². The summed E-state index contributed by atoms with van der Waals surface area (Å²) in [5.41, 5.74) is 5.32. The van der Waals surface area contributed by atoms with Gasteiger partial charge in [0.05, 0.1) is 5.41 Å². The number of hydrogen-bond acceptors (Lipinski definition) is 3. The number of nitrogens with two attached hydrogens (primary N) is 1. The van der Waals surface area contributed by atoms with E-state index in [0.29, 0.717) is 32.6 Å². The van der Waals surface area contributed by atoms with Crippen molar-refractivity contribution in [2.24, 2.45) is 11.1 Å². The van der Waals surface area contributed by atoms with E-state index >= 15 is 0 Å². The minimum absolute atomic E-state index is 0.0200. The van der Waals surface area contributed by atoms with E-state index in [4.69, 9.17) is 5.73 Å². The van der Waals surface area contributed by atoms with Gasteiger partial charge in [-0.05, 0) is 12.8 Å². The van der Waals surface area contributed by atoms with Crippen molar-refractivity contribution in [3.8, 4) is 0 Å². The summed E-state index contributed by atoms with van der Waals surface area (Å²) in [5.74, 6) is 0.119. The first kappa shape index (κ1) is 14.0. The number of amides is 2. The zero-order valence-corrected chi connectivity index (χ0v) is 10.8. The summed E-state index contributed by atoms with van der Waals surface area (Å²) in [6.45, 7) is 6.00. The van der Waals surface area contributed by atoms with Gasteiger partial charge in [-0.3, -0.25) is 9.59 Å². The molecule has 0 spiro atoms. The highest BCUT2D eigenvalue weighted by atomic mass is 16.2. The van der Waals surface area contributed by atoms with Crippen molar-refractivity contribution in [2.45, 2.75) is 33.1 Å². The molecular formula is C12H23N3O2. The fraction of sp³-hybridized carbons (Fsp3) is 0.833. The molecule has 0 aromatic heterocycles. The standard InChI is InChI=1S/C12H23N3O2/c1-3-12(4-2,9-13)11(17)15-7-5-10(16)14-6-8-15/h3-9,13H2,1-2H3,(H,14,16). The third kappa shape index (κ3) is 2.97. The Morgan fingerprint density at radius 1 is 1.41 bits per heavy atom. The fourth-order valence-electron chi connectivity index (χ4n) is 2.23. The Bertz CT molecular complexity index is 279.